The van der Waals surface area contributed by atoms with Gasteiger partial charge in [0.2, 0.25) is 5.78 Å². The van der Waals surface area contributed by atoms with Crippen LogP contribution in [0.5, 0.6) is 0 Å². The van der Waals surface area contributed by atoms with Gasteiger partial charge in [0.15, 0.2) is 0 Å². The number of rotatable bonds is 6. The molecule has 0 aliphatic heterocycles. The smallest absolute Gasteiger partial charge is 0.372 e. The minimum Gasteiger partial charge on any atom is -0.372 e. The van der Waals surface area contributed by atoms with Crippen LogP contribution in [0, 0.1) is 6.92 Å². The summed E-state index contributed by atoms with van der Waals surface area (Å²) in [5.41, 5.74) is 5.34. The van der Waals surface area contributed by atoms with E-state index in [2.05, 4.69) is 48.9 Å². The Hall–Kier alpha value is -2.52. The second kappa shape index (κ2) is 17.0. The van der Waals surface area contributed by atoms with Gasteiger partial charge >= 0.3 is 32.2 Å². The van der Waals surface area contributed by atoms with Crippen molar-refractivity contribution in [3.63, 3.8) is 0 Å². The zero-order chi connectivity index (χ0) is 25.7. The predicted octanol–water partition coefficient (Wildman–Crippen LogP) is 6.65. The van der Waals surface area contributed by atoms with Gasteiger partial charge in [0.25, 0.3) is 0 Å². The summed E-state index contributed by atoms with van der Waals surface area (Å²) in [6.45, 7) is 8.62. The van der Waals surface area contributed by atoms with Crippen molar-refractivity contribution < 1.29 is 47.8 Å². The first-order valence-electron chi connectivity index (χ1n) is 10.6. The molecule has 1 aliphatic carbocycles. The summed E-state index contributed by atoms with van der Waals surface area (Å²) in [6, 6.07) is 10.1. The number of pyridine rings is 1. The van der Waals surface area contributed by atoms with Crippen LogP contribution in [-0.4, -0.2) is 44.7 Å². The number of allylic oxidation sites excluding steroid dienone is 2. The predicted molar refractivity (Wildman–Crippen MR) is 126 cm³/mol. The number of carbonyl (C=O) groups is 1. The van der Waals surface area contributed by atoms with Crippen LogP contribution < -0.4 is 4.90 Å². The molecule has 0 atom stereocenters. The standard InChI is InChI=1S/C22H25N3O.2BF3.Cu/c1-4-13-25(14-5-2)17-8-9-19(16(3)15-17)24-20-10-11-21(26)22-18(20)7-6-12-23-22;2*2-1(3)4;/h6-12,15H,4-5,13-14H2,1-3H3;;;/q;;;+2. The van der Waals surface area contributed by atoms with E-state index in [0.29, 0.717) is 5.69 Å². The normalized spacial score (nSPS) is 12.4. The first kappa shape index (κ1) is 32.5. The van der Waals surface area contributed by atoms with Gasteiger partial charge in [-0.3, -0.25) is 35.7 Å². The quantitative estimate of drug-likeness (QED) is 0.301. The van der Waals surface area contributed by atoms with Gasteiger partial charge in [-0.2, -0.15) is 0 Å². The molecule has 3 rings (SSSR count). The molecular weight excluding hydrogens is 521 g/mol. The first-order valence-corrected chi connectivity index (χ1v) is 10.6. The van der Waals surface area contributed by atoms with Crippen LogP contribution in [0.25, 0.3) is 0 Å². The van der Waals surface area contributed by atoms with E-state index >= 15 is 0 Å². The van der Waals surface area contributed by atoms with Crippen molar-refractivity contribution in [3.8, 4) is 0 Å². The van der Waals surface area contributed by atoms with Crippen LogP contribution in [0.2, 0.25) is 0 Å². The number of aryl methyl sites for hydroxylation is 1. The molecule has 191 valence electrons. The average molecular weight is 547 g/mol. The molecule has 0 saturated carbocycles. The summed E-state index contributed by atoms with van der Waals surface area (Å²) in [5.74, 6) is -0.0682. The Morgan fingerprint density at radius 1 is 0.943 bits per heavy atom. The maximum absolute atomic E-state index is 12.0. The minimum atomic E-state index is -3.67. The Kier molecular flexibility index (Phi) is 15.8. The third-order valence-corrected chi connectivity index (χ3v) is 4.48. The van der Waals surface area contributed by atoms with E-state index in [1.807, 2.05) is 12.1 Å². The van der Waals surface area contributed by atoms with E-state index in [1.165, 1.54) is 5.69 Å². The number of hydrogen-bond donors (Lipinski definition) is 0. The summed E-state index contributed by atoms with van der Waals surface area (Å²) < 4.78 is 58.0. The zero-order valence-electron chi connectivity index (χ0n) is 19.4. The van der Waals surface area contributed by atoms with Gasteiger partial charge in [-0.25, -0.2) is 4.99 Å². The van der Waals surface area contributed by atoms with Gasteiger partial charge in [-0.1, -0.05) is 13.8 Å². The van der Waals surface area contributed by atoms with Crippen LogP contribution in [0.1, 0.15) is 48.3 Å². The number of aromatic nitrogens is 1. The molecule has 35 heavy (non-hydrogen) atoms. The van der Waals surface area contributed by atoms with E-state index in [0.717, 1.165) is 48.5 Å². The van der Waals surface area contributed by atoms with E-state index < -0.39 is 15.1 Å². The van der Waals surface area contributed by atoms with Crippen molar-refractivity contribution in [1.82, 2.24) is 4.98 Å². The molecular formula is C22H25B2CuF6N3O+2. The monoisotopic (exact) mass is 546 g/mol. The molecule has 1 heterocycles. The first-order chi connectivity index (χ1) is 16.1. The van der Waals surface area contributed by atoms with E-state index in [4.69, 9.17) is 4.99 Å². The molecule has 1 aromatic heterocycles. The van der Waals surface area contributed by atoms with Gasteiger partial charge in [-0.15, -0.1) is 0 Å². The average Bonchev–Trinajstić information content (AvgIpc) is 2.76. The molecule has 0 bridgehead atoms. The topological polar surface area (TPSA) is 45.6 Å². The SMILES string of the molecule is CCCN(CCC)c1ccc(N=C2C=CC(=O)c3ncccc32)c(C)c1.FB(F)F.FB(F)F.[Cu+2]. The number of hydrogen-bond acceptors (Lipinski definition) is 4. The van der Waals surface area contributed by atoms with Gasteiger partial charge < -0.3 is 4.90 Å². The summed E-state index contributed by atoms with van der Waals surface area (Å²) in [6.07, 6.45) is 7.23. The summed E-state index contributed by atoms with van der Waals surface area (Å²) in [4.78, 5) is 23.4. The molecule has 0 spiro atoms. The van der Waals surface area contributed by atoms with Crippen LogP contribution in [-0.2, 0) is 17.1 Å². The van der Waals surface area contributed by atoms with Gasteiger partial charge in [0.1, 0.15) is 5.69 Å². The summed E-state index contributed by atoms with van der Waals surface area (Å²) in [5, 5.41) is 0. The Bertz CT molecular complexity index is 978. The maximum Gasteiger partial charge on any atom is 2.00 e. The second-order valence-corrected chi connectivity index (χ2v) is 7.05. The van der Waals surface area contributed by atoms with E-state index in [1.54, 1.807) is 18.3 Å². The largest absolute Gasteiger partial charge is 2.00 e. The molecule has 4 nitrogen and oxygen atoms in total. The number of anilines is 1. The van der Waals surface area contributed by atoms with Crippen LogP contribution >= 0.6 is 0 Å². The molecule has 0 unspecified atom stereocenters. The van der Waals surface area contributed by atoms with Crippen molar-refractivity contribution in [1.29, 1.82) is 0 Å². The van der Waals surface area contributed by atoms with Crippen molar-refractivity contribution >= 4 is 38.0 Å². The number of fused-ring (bicyclic) bond motifs is 1. The van der Waals surface area contributed by atoms with Gasteiger partial charge in [-0.05, 0) is 67.8 Å². The number of nitrogens with zero attached hydrogens (tertiary/aromatic N) is 3. The molecule has 13 heteroatoms. The fourth-order valence-electron chi connectivity index (χ4n) is 3.23. The van der Waals surface area contributed by atoms with Crippen LogP contribution in [0.15, 0.2) is 53.7 Å². The fraction of sp³-hybridized carbons (Fsp3) is 0.318. The molecule has 0 N–H and O–H groups in total. The molecule has 1 radical (unpaired) electrons. The third-order valence-electron chi connectivity index (χ3n) is 4.48. The molecule has 1 aliphatic rings. The van der Waals surface area contributed by atoms with Crippen molar-refractivity contribution in [2.75, 3.05) is 18.0 Å². The zero-order valence-corrected chi connectivity index (χ0v) is 20.4. The van der Waals surface area contributed by atoms with Crippen molar-refractivity contribution in [2.45, 2.75) is 33.6 Å². The second-order valence-electron chi connectivity index (χ2n) is 7.05. The number of benzene rings is 1. The fourth-order valence-corrected chi connectivity index (χ4v) is 3.23. The van der Waals surface area contributed by atoms with Crippen LogP contribution in [0.4, 0.5) is 37.3 Å². The molecule has 0 amide bonds. The Morgan fingerprint density at radius 3 is 2.03 bits per heavy atom. The van der Waals surface area contributed by atoms with Crippen molar-refractivity contribution in [2.24, 2.45) is 4.99 Å². The minimum absolute atomic E-state index is 0. The van der Waals surface area contributed by atoms with E-state index in [9.17, 15) is 30.7 Å². The Morgan fingerprint density at radius 2 is 1.51 bits per heavy atom. The molecule has 1 aromatic carbocycles. The Balaban J connectivity index is 0.00000112. The number of carbonyl (C=O) groups excluding carboxylic acids is 1. The summed E-state index contributed by atoms with van der Waals surface area (Å²) >= 11 is 0. The molecule has 2 aromatic rings. The summed E-state index contributed by atoms with van der Waals surface area (Å²) in [7, 11) is -7.33. The molecule has 0 saturated heterocycles. The number of aliphatic imine (C=N–C) groups is 1. The number of ketones is 1. The van der Waals surface area contributed by atoms with Crippen LogP contribution in [0.3, 0.4) is 0 Å². The van der Waals surface area contributed by atoms with Gasteiger partial charge in [0, 0.05) is 30.5 Å². The maximum atomic E-state index is 12.0. The third kappa shape index (κ3) is 11.6. The Labute approximate surface area is 212 Å². The van der Waals surface area contributed by atoms with E-state index in [-0.39, 0.29) is 22.9 Å². The van der Waals surface area contributed by atoms with Gasteiger partial charge in [0.05, 0.1) is 11.4 Å². The van der Waals surface area contributed by atoms with Crippen molar-refractivity contribution in [3.05, 3.63) is 65.5 Å². The molecule has 0 fully saturated rings. The number of halogens is 6.